The van der Waals surface area contributed by atoms with Crippen LogP contribution in [0.4, 0.5) is 0 Å². The van der Waals surface area contributed by atoms with E-state index in [1.807, 2.05) is 6.07 Å². The molecule has 2 atom stereocenters. The first kappa shape index (κ1) is 12.4. The van der Waals surface area contributed by atoms with E-state index in [0.29, 0.717) is 11.8 Å². The van der Waals surface area contributed by atoms with Crippen LogP contribution in [0.2, 0.25) is 0 Å². The molecule has 0 radical (unpaired) electrons. The van der Waals surface area contributed by atoms with Crippen molar-refractivity contribution in [2.45, 2.75) is 31.0 Å². The molecule has 4 rings (SSSR count). The van der Waals surface area contributed by atoms with Gasteiger partial charge in [-0.05, 0) is 41.5 Å². The lowest BCUT2D eigenvalue weighted by atomic mass is 9.69. The Bertz CT molecular complexity index is 543. The van der Waals surface area contributed by atoms with Crippen LogP contribution in [0.1, 0.15) is 36.3 Å². The van der Waals surface area contributed by atoms with Crippen molar-refractivity contribution in [3.05, 3.63) is 35.4 Å². The quantitative estimate of drug-likeness (QED) is 0.784. The normalized spacial score (nSPS) is 30.1. The molecule has 106 valence electrons. The van der Waals surface area contributed by atoms with Crippen LogP contribution in [-0.2, 0) is 9.47 Å². The molecule has 0 unspecified atom stereocenters. The van der Waals surface area contributed by atoms with Gasteiger partial charge in [-0.1, -0.05) is 18.2 Å². The average molecular weight is 272 g/mol. The van der Waals surface area contributed by atoms with Gasteiger partial charge in [0, 0.05) is 12.8 Å². The number of hydrogen-bond acceptors (Lipinski definition) is 3. The Morgan fingerprint density at radius 2 is 2.10 bits per heavy atom. The second kappa shape index (κ2) is 4.61. The van der Waals surface area contributed by atoms with Crippen molar-refractivity contribution in [1.82, 2.24) is 0 Å². The van der Waals surface area contributed by atoms with Gasteiger partial charge >= 0.3 is 0 Å². The van der Waals surface area contributed by atoms with Gasteiger partial charge in [0.15, 0.2) is 5.79 Å². The number of hydrogen-bond donors (Lipinski definition) is 0. The Kier molecular flexibility index (Phi) is 2.86. The first-order chi connectivity index (χ1) is 9.80. The Balaban J connectivity index is 1.71. The molecule has 1 aliphatic heterocycles. The van der Waals surface area contributed by atoms with Gasteiger partial charge in [0.05, 0.1) is 20.3 Å². The summed E-state index contributed by atoms with van der Waals surface area (Å²) in [5.74, 6) is 1.70. The highest BCUT2D eigenvalue weighted by Gasteiger charge is 2.46. The molecular weight excluding hydrogens is 252 g/mol. The summed E-state index contributed by atoms with van der Waals surface area (Å²) >= 11 is 0. The van der Waals surface area contributed by atoms with Crippen LogP contribution in [0, 0.1) is 5.92 Å². The van der Waals surface area contributed by atoms with E-state index in [1.165, 1.54) is 11.1 Å². The molecule has 0 amide bonds. The van der Waals surface area contributed by atoms with E-state index in [4.69, 9.17) is 14.2 Å². The molecular formula is C17H20O3. The third-order valence-electron chi connectivity index (χ3n) is 4.94. The maximum atomic E-state index is 5.92. The molecule has 0 bridgehead atoms. The minimum atomic E-state index is -0.327. The molecule has 0 N–H and O–H groups in total. The van der Waals surface area contributed by atoms with Crippen molar-refractivity contribution in [3.8, 4) is 5.75 Å². The third-order valence-corrected chi connectivity index (χ3v) is 4.94. The van der Waals surface area contributed by atoms with E-state index in [0.717, 1.165) is 38.2 Å². The van der Waals surface area contributed by atoms with E-state index in [2.05, 4.69) is 24.3 Å². The van der Waals surface area contributed by atoms with Gasteiger partial charge in [0.2, 0.25) is 0 Å². The average Bonchev–Trinajstić information content (AvgIpc) is 2.94. The molecule has 20 heavy (non-hydrogen) atoms. The summed E-state index contributed by atoms with van der Waals surface area (Å²) in [6, 6.07) is 6.37. The fourth-order valence-electron chi connectivity index (χ4n) is 3.89. The molecule has 1 aromatic carbocycles. The predicted molar refractivity (Wildman–Crippen MR) is 76.7 cm³/mol. The summed E-state index contributed by atoms with van der Waals surface area (Å²) in [6.07, 6.45) is 7.73. The Morgan fingerprint density at radius 3 is 2.90 bits per heavy atom. The SMILES string of the molecule is COc1ccc2c(c1)[C@H]1CC3(CC[C@@H]1C=C2)OCCO3. The maximum absolute atomic E-state index is 5.92. The zero-order valence-corrected chi connectivity index (χ0v) is 11.8. The van der Waals surface area contributed by atoms with Crippen LogP contribution in [0.5, 0.6) is 5.75 Å². The van der Waals surface area contributed by atoms with E-state index in [9.17, 15) is 0 Å². The Morgan fingerprint density at radius 1 is 1.25 bits per heavy atom. The van der Waals surface area contributed by atoms with Crippen molar-refractivity contribution >= 4 is 6.08 Å². The molecule has 1 heterocycles. The molecule has 1 saturated heterocycles. The second-order valence-corrected chi connectivity index (χ2v) is 5.97. The van der Waals surface area contributed by atoms with Gasteiger partial charge < -0.3 is 14.2 Å². The molecule has 3 aliphatic rings. The van der Waals surface area contributed by atoms with Gasteiger partial charge in [-0.3, -0.25) is 0 Å². The lowest BCUT2D eigenvalue weighted by Gasteiger charge is -2.42. The minimum Gasteiger partial charge on any atom is -0.497 e. The smallest absolute Gasteiger partial charge is 0.169 e. The molecule has 2 fully saturated rings. The van der Waals surface area contributed by atoms with Crippen LogP contribution in [0.3, 0.4) is 0 Å². The van der Waals surface area contributed by atoms with Crippen LogP contribution in [0.15, 0.2) is 24.3 Å². The Hall–Kier alpha value is -1.32. The van der Waals surface area contributed by atoms with Gasteiger partial charge in [0.1, 0.15) is 5.75 Å². The molecule has 3 heteroatoms. The van der Waals surface area contributed by atoms with Crippen molar-refractivity contribution in [2.75, 3.05) is 20.3 Å². The lowest BCUT2D eigenvalue weighted by Crippen LogP contribution is -2.39. The first-order valence-corrected chi connectivity index (χ1v) is 7.44. The van der Waals surface area contributed by atoms with Crippen molar-refractivity contribution in [1.29, 1.82) is 0 Å². The van der Waals surface area contributed by atoms with E-state index >= 15 is 0 Å². The third kappa shape index (κ3) is 1.88. The summed E-state index contributed by atoms with van der Waals surface area (Å²) in [7, 11) is 1.73. The highest BCUT2D eigenvalue weighted by Crippen LogP contribution is 2.50. The highest BCUT2D eigenvalue weighted by molar-refractivity contribution is 5.60. The van der Waals surface area contributed by atoms with Crippen LogP contribution in [-0.4, -0.2) is 26.1 Å². The number of methoxy groups -OCH3 is 1. The number of rotatable bonds is 1. The second-order valence-electron chi connectivity index (χ2n) is 5.97. The lowest BCUT2D eigenvalue weighted by molar-refractivity contribution is -0.184. The zero-order valence-electron chi connectivity index (χ0n) is 11.8. The fraction of sp³-hybridized carbons (Fsp3) is 0.529. The van der Waals surface area contributed by atoms with E-state index in [1.54, 1.807) is 7.11 Å². The summed E-state index contributed by atoms with van der Waals surface area (Å²) in [5.41, 5.74) is 2.69. The van der Waals surface area contributed by atoms with E-state index < -0.39 is 0 Å². The predicted octanol–water partition coefficient (Wildman–Crippen LogP) is 3.35. The molecule has 2 aliphatic carbocycles. The molecule has 1 saturated carbocycles. The van der Waals surface area contributed by atoms with Gasteiger partial charge in [-0.15, -0.1) is 0 Å². The maximum Gasteiger partial charge on any atom is 0.169 e. The summed E-state index contributed by atoms with van der Waals surface area (Å²) in [6.45, 7) is 1.47. The van der Waals surface area contributed by atoms with Crippen LogP contribution >= 0.6 is 0 Å². The van der Waals surface area contributed by atoms with Gasteiger partial charge in [0.25, 0.3) is 0 Å². The van der Waals surface area contributed by atoms with Gasteiger partial charge in [-0.2, -0.15) is 0 Å². The van der Waals surface area contributed by atoms with Crippen molar-refractivity contribution < 1.29 is 14.2 Å². The first-order valence-electron chi connectivity index (χ1n) is 7.44. The van der Waals surface area contributed by atoms with E-state index in [-0.39, 0.29) is 5.79 Å². The number of ether oxygens (including phenoxy) is 3. The van der Waals surface area contributed by atoms with Crippen molar-refractivity contribution in [2.24, 2.45) is 5.92 Å². The number of fused-ring (bicyclic) bond motifs is 3. The van der Waals surface area contributed by atoms with Crippen molar-refractivity contribution in [3.63, 3.8) is 0 Å². The molecule has 1 aromatic rings. The molecule has 0 aromatic heterocycles. The highest BCUT2D eigenvalue weighted by atomic mass is 16.7. The van der Waals surface area contributed by atoms with Crippen LogP contribution < -0.4 is 4.74 Å². The molecule has 3 nitrogen and oxygen atoms in total. The number of allylic oxidation sites excluding steroid dienone is 1. The zero-order chi connectivity index (χ0) is 13.6. The monoisotopic (exact) mass is 272 g/mol. The summed E-state index contributed by atoms with van der Waals surface area (Å²) in [4.78, 5) is 0. The largest absolute Gasteiger partial charge is 0.497 e. The fourth-order valence-corrected chi connectivity index (χ4v) is 3.89. The summed E-state index contributed by atoms with van der Waals surface area (Å²) < 4.78 is 17.2. The molecule has 1 spiro atoms. The number of benzene rings is 1. The summed E-state index contributed by atoms with van der Waals surface area (Å²) in [5, 5.41) is 0. The minimum absolute atomic E-state index is 0.327. The Labute approximate surface area is 119 Å². The topological polar surface area (TPSA) is 27.7 Å². The van der Waals surface area contributed by atoms with Gasteiger partial charge in [-0.25, -0.2) is 0 Å². The standard InChI is InChI=1S/C17H20O3/c1-18-14-5-4-12-2-3-13-6-7-17(19-8-9-20-17)11-16(13)15(12)10-14/h2-5,10,13,16H,6-9,11H2,1H3/t13-,16-/m0/s1. The van der Waals surface area contributed by atoms with Crippen LogP contribution in [0.25, 0.3) is 6.08 Å².